The van der Waals surface area contributed by atoms with Gasteiger partial charge in [0.2, 0.25) is 5.91 Å². The molecule has 1 amide bonds. The second-order valence-corrected chi connectivity index (χ2v) is 7.74. The second kappa shape index (κ2) is 9.14. The molecule has 8 heteroatoms. The number of halogens is 1. The van der Waals surface area contributed by atoms with Crippen LogP contribution in [0.2, 0.25) is 5.02 Å². The van der Waals surface area contributed by atoms with E-state index >= 15 is 0 Å². The quantitative estimate of drug-likeness (QED) is 0.452. The molecule has 0 radical (unpaired) electrons. The molecule has 31 heavy (non-hydrogen) atoms. The summed E-state index contributed by atoms with van der Waals surface area (Å²) in [5.41, 5.74) is 2.66. The Bertz CT molecular complexity index is 1280. The van der Waals surface area contributed by atoms with E-state index in [-0.39, 0.29) is 12.5 Å². The molecule has 0 saturated carbocycles. The lowest BCUT2D eigenvalue weighted by atomic mass is 10.1. The van der Waals surface area contributed by atoms with Gasteiger partial charge in [0.05, 0.1) is 0 Å². The van der Waals surface area contributed by atoms with Gasteiger partial charge in [0.1, 0.15) is 12.4 Å². The van der Waals surface area contributed by atoms with Crippen molar-refractivity contribution in [3.63, 3.8) is 0 Å². The number of amides is 1. The minimum Gasteiger partial charge on any atom is -0.354 e. The number of fused-ring (bicyclic) bond motifs is 1. The summed E-state index contributed by atoms with van der Waals surface area (Å²) in [7, 11) is 0. The van der Waals surface area contributed by atoms with Crippen molar-refractivity contribution in [1.29, 1.82) is 0 Å². The first-order valence-corrected chi connectivity index (χ1v) is 10.4. The van der Waals surface area contributed by atoms with Crippen molar-refractivity contribution >= 4 is 23.2 Å². The minimum absolute atomic E-state index is 0.153. The Hall–Kier alpha value is -3.45. The van der Waals surface area contributed by atoms with E-state index in [1.807, 2.05) is 31.2 Å². The molecule has 0 bridgehead atoms. The molecule has 2 aromatic carbocycles. The van der Waals surface area contributed by atoms with Crippen LogP contribution in [-0.2, 0) is 17.8 Å². The van der Waals surface area contributed by atoms with Crippen LogP contribution in [-0.4, -0.2) is 31.6 Å². The molecule has 0 aliphatic heterocycles. The summed E-state index contributed by atoms with van der Waals surface area (Å²) < 4.78 is 2.57. The molecule has 4 rings (SSSR count). The van der Waals surface area contributed by atoms with E-state index in [9.17, 15) is 9.59 Å². The number of nitrogens with zero attached hydrogens (tertiary/aromatic N) is 4. The highest BCUT2D eigenvalue weighted by Crippen LogP contribution is 2.21. The summed E-state index contributed by atoms with van der Waals surface area (Å²) in [4.78, 5) is 29.9. The predicted molar refractivity (Wildman–Crippen MR) is 120 cm³/mol. The van der Waals surface area contributed by atoms with E-state index in [1.165, 1.54) is 9.96 Å². The van der Waals surface area contributed by atoms with Crippen LogP contribution >= 0.6 is 11.6 Å². The van der Waals surface area contributed by atoms with Gasteiger partial charge in [-0.25, -0.2) is 18.9 Å². The van der Waals surface area contributed by atoms with Crippen molar-refractivity contribution in [2.24, 2.45) is 0 Å². The van der Waals surface area contributed by atoms with Gasteiger partial charge >= 0.3 is 5.69 Å². The molecular weight excluding hydrogens is 414 g/mol. The summed E-state index contributed by atoms with van der Waals surface area (Å²) in [6, 6.07) is 18.9. The van der Waals surface area contributed by atoms with Gasteiger partial charge in [-0.05, 0) is 37.5 Å². The van der Waals surface area contributed by atoms with Gasteiger partial charge < -0.3 is 5.32 Å². The molecule has 0 atom stereocenters. The van der Waals surface area contributed by atoms with E-state index in [0.717, 1.165) is 17.5 Å². The summed E-state index contributed by atoms with van der Waals surface area (Å²) in [5.74, 6) is 0.185. The SMILES string of the molecule is Cc1cc2nn(CC(=O)NCCCc3ccccc3)c(=O)n2c(-c2cccc(Cl)c2)n1. The van der Waals surface area contributed by atoms with Gasteiger partial charge in [-0.3, -0.25) is 4.79 Å². The van der Waals surface area contributed by atoms with Crippen molar-refractivity contribution < 1.29 is 4.79 Å². The monoisotopic (exact) mass is 435 g/mol. The van der Waals surface area contributed by atoms with Crippen molar-refractivity contribution in [1.82, 2.24) is 24.5 Å². The molecule has 0 unspecified atom stereocenters. The Morgan fingerprint density at radius 2 is 1.90 bits per heavy atom. The van der Waals surface area contributed by atoms with Gasteiger partial charge in [-0.1, -0.05) is 54.1 Å². The van der Waals surface area contributed by atoms with Crippen LogP contribution in [0.15, 0.2) is 65.5 Å². The van der Waals surface area contributed by atoms with E-state index < -0.39 is 5.69 Å². The maximum atomic E-state index is 13.0. The highest BCUT2D eigenvalue weighted by atomic mass is 35.5. The fourth-order valence-electron chi connectivity index (χ4n) is 3.43. The minimum atomic E-state index is -0.420. The topological polar surface area (TPSA) is 81.3 Å². The number of aryl methyl sites for hydroxylation is 2. The number of benzene rings is 2. The fourth-order valence-corrected chi connectivity index (χ4v) is 3.62. The number of hydrogen-bond acceptors (Lipinski definition) is 4. The molecule has 158 valence electrons. The smallest absolute Gasteiger partial charge is 0.352 e. The maximum absolute atomic E-state index is 13.0. The maximum Gasteiger partial charge on any atom is 0.352 e. The molecule has 1 N–H and O–H groups in total. The summed E-state index contributed by atoms with van der Waals surface area (Å²) >= 11 is 6.11. The number of carbonyl (C=O) groups excluding carboxylic acids is 1. The Morgan fingerprint density at radius 3 is 2.68 bits per heavy atom. The van der Waals surface area contributed by atoms with E-state index in [4.69, 9.17) is 11.6 Å². The molecule has 0 saturated heterocycles. The zero-order valence-corrected chi connectivity index (χ0v) is 17.8. The second-order valence-electron chi connectivity index (χ2n) is 7.30. The van der Waals surface area contributed by atoms with Crippen LogP contribution in [0, 0.1) is 6.92 Å². The fraction of sp³-hybridized carbons (Fsp3) is 0.217. The lowest BCUT2D eigenvalue weighted by Gasteiger charge is -2.05. The van der Waals surface area contributed by atoms with E-state index in [0.29, 0.717) is 34.3 Å². The van der Waals surface area contributed by atoms with Gasteiger partial charge in [-0.15, -0.1) is 5.10 Å². The zero-order valence-electron chi connectivity index (χ0n) is 17.1. The summed E-state index contributed by atoms with van der Waals surface area (Å²) in [6.07, 6.45) is 1.70. The largest absolute Gasteiger partial charge is 0.354 e. The van der Waals surface area contributed by atoms with E-state index in [1.54, 1.807) is 24.3 Å². The van der Waals surface area contributed by atoms with E-state index in [2.05, 4.69) is 27.5 Å². The third-order valence-electron chi connectivity index (χ3n) is 4.88. The summed E-state index contributed by atoms with van der Waals surface area (Å²) in [6.45, 7) is 2.21. The molecule has 2 aromatic heterocycles. The molecular formula is C23H22ClN5O2. The molecule has 2 heterocycles. The lowest BCUT2D eigenvalue weighted by Crippen LogP contribution is -2.33. The first kappa shape index (κ1) is 20.8. The summed E-state index contributed by atoms with van der Waals surface area (Å²) in [5, 5.41) is 7.73. The first-order valence-electron chi connectivity index (χ1n) is 10.0. The Labute approximate surface area is 184 Å². The first-order chi connectivity index (χ1) is 15.0. The Balaban J connectivity index is 1.49. The average Bonchev–Trinajstić information content (AvgIpc) is 3.06. The molecule has 4 aromatic rings. The van der Waals surface area contributed by atoms with Gasteiger partial charge in [0.15, 0.2) is 5.65 Å². The molecule has 0 spiro atoms. The van der Waals surface area contributed by atoms with Crippen LogP contribution in [0.25, 0.3) is 17.0 Å². The van der Waals surface area contributed by atoms with Crippen molar-refractivity contribution in [3.05, 3.63) is 87.4 Å². The Morgan fingerprint density at radius 1 is 1.10 bits per heavy atom. The highest BCUT2D eigenvalue weighted by Gasteiger charge is 2.16. The molecule has 7 nitrogen and oxygen atoms in total. The predicted octanol–water partition coefficient (Wildman–Crippen LogP) is 3.27. The third kappa shape index (κ3) is 4.83. The van der Waals surface area contributed by atoms with Crippen LogP contribution in [0.1, 0.15) is 17.7 Å². The number of aromatic nitrogens is 4. The third-order valence-corrected chi connectivity index (χ3v) is 5.11. The average molecular weight is 436 g/mol. The number of nitrogens with one attached hydrogen (secondary N) is 1. The number of hydrogen-bond donors (Lipinski definition) is 1. The van der Waals surface area contributed by atoms with Crippen LogP contribution < -0.4 is 11.0 Å². The number of carbonyl (C=O) groups is 1. The molecule has 0 aliphatic rings. The van der Waals surface area contributed by atoms with Crippen molar-refractivity contribution in [3.8, 4) is 11.4 Å². The normalized spacial score (nSPS) is 11.0. The zero-order chi connectivity index (χ0) is 21.8. The highest BCUT2D eigenvalue weighted by molar-refractivity contribution is 6.30. The van der Waals surface area contributed by atoms with Crippen LogP contribution in [0.4, 0.5) is 0 Å². The van der Waals surface area contributed by atoms with Crippen molar-refractivity contribution in [2.45, 2.75) is 26.3 Å². The molecule has 0 fully saturated rings. The van der Waals surface area contributed by atoms with Gasteiger partial charge in [-0.2, -0.15) is 0 Å². The number of rotatable bonds is 7. The van der Waals surface area contributed by atoms with Crippen molar-refractivity contribution in [2.75, 3.05) is 6.54 Å². The molecule has 0 aliphatic carbocycles. The Kier molecular flexibility index (Phi) is 6.13. The van der Waals surface area contributed by atoms with Gasteiger partial charge in [0.25, 0.3) is 0 Å². The van der Waals surface area contributed by atoms with Crippen LogP contribution in [0.3, 0.4) is 0 Å². The van der Waals surface area contributed by atoms with Crippen LogP contribution in [0.5, 0.6) is 0 Å². The lowest BCUT2D eigenvalue weighted by molar-refractivity contribution is -0.121. The van der Waals surface area contributed by atoms with Gasteiger partial charge in [0, 0.05) is 28.9 Å². The standard InChI is InChI=1S/C23H22ClN5O2/c1-16-13-20-27-28(15-21(30)25-12-6-9-17-7-3-2-4-8-17)23(31)29(20)22(26-16)18-10-5-11-19(24)14-18/h2-5,7-8,10-11,13-14H,6,9,12,15H2,1H3,(H,25,30).